The van der Waals surface area contributed by atoms with Gasteiger partial charge < -0.3 is 20.3 Å². The van der Waals surface area contributed by atoms with E-state index >= 15 is 0 Å². The highest BCUT2D eigenvalue weighted by Crippen LogP contribution is 2.29. The SMILES string of the molecule is O=C(O)c1c[nH]c2nc(N3CCC(NCC4CC4)C3)c(F)cc2c1=O. The molecule has 3 heterocycles. The van der Waals surface area contributed by atoms with Gasteiger partial charge in [0.05, 0.1) is 5.39 Å². The molecule has 25 heavy (non-hydrogen) atoms. The first-order valence-electron chi connectivity index (χ1n) is 8.46. The highest BCUT2D eigenvalue weighted by Gasteiger charge is 2.28. The highest BCUT2D eigenvalue weighted by molar-refractivity contribution is 5.91. The molecule has 2 fully saturated rings. The van der Waals surface area contributed by atoms with Crippen molar-refractivity contribution < 1.29 is 14.3 Å². The van der Waals surface area contributed by atoms with Crippen LogP contribution in [0.15, 0.2) is 17.1 Å². The molecular weight excluding hydrogens is 327 g/mol. The van der Waals surface area contributed by atoms with Crippen LogP contribution in [0, 0.1) is 11.7 Å². The number of carbonyl (C=O) groups is 1. The Morgan fingerprint density at radius 1 is 1.44 bits per heavy atom. The summed E-state index contributed by atoms with van der Waals surface area (Å²) in [6.45, 7) is 2.37. The molecule has 3 N–H and O–H groups in total. The van der Waals surface area contributed by atoms with Crippen molar-refractivity contribution in [2.45, 2.75) is 25.3 Å². The van der Waals surface area contributed by atoms with Crippen LogP contribution >= 0.6 is 0 Å². The fourth-order valence-corrected chi connectivity index (χ4v) is 3.27. The molecule has 1 aliphatic heterocycles. The van der Waals surface area contributed by atoms with Crippen LogP contribution in [0.4, 0.5) is 10.2 Å². The molecule has 1 atom stereocenters. The summed E-state index contributed by atoms with van der Waals surface area (Å²) in [5.41, 5.74) is -0.961. The van der Waals surface area contributed by atoms with Crippen molar-refractivity contribution in [2.75, 3.05) is 24.5 Å². The Kier molecular flexibility index (Phi) is 3.91. The maximum Gasteiger partial charge on any atom is 0.341 e. The summed E-state index contributed by atoms with van der Waals surface area (Å²) in [6, 6.07) is 1.39. The normalized spacial score (nSPS) is 20.4. The molecule has 1 saturated heterocycles. The molecule has 0 bridgehead atoms. The molecule has 2 aliphatic rings. The number of anilines is 1. The minimum Gasteiger partial charge on any atom is -0.477 e. The topological polar surface area (TPSA) is 98.3 Å². The van der Waals surface area contributed by atoms with Gasteiger partial charge in [-0.3, -0.25) is 4.79 Å². The van der Waals surface area contributed by atoms with Crippen molar-refractivity contribution in [1.82, 2.24) is 15.3 Å². The smallest absolute Gasteiger partial charge is 0.341 e. The van der Waals surface area contributed by atoms with Crippen LogP contribution in [0.2, 0.25) is 0 Å². The number of H-pyrrole nitrogens is 1. The summed E-state index contributed by atoms with van der Waals surface area (Å²) in [7, 11) is 0. The third kappa shape index (κ3) is 3.09. The molecule has 1 aliphatic carbocycles. The lowest BCUT2D eigenvalue weighted by Gasteiger charge is -2.19. The van der Waals surface area contributed by atoms with Crippen LogP contribution in [0.25, 0.3) is 11.0 Å². The summed E-state index contributed by atoms with van der Waals surface area (Å²) < 4.78 is 14.5. The van der Waals surface area contributed by atoms with Crippen molar-refractivity contribution in [3.8, 4) is 0 Å². The lowest BCUT2D eigenvalue weighted by molar-refractivity contribution is 0.0695. The summed E-state index contributed by atoms with van der Waals surface area (Å²) in [5.74, 6) is -0.972. The molecule has 2 aromatic heterocycles. The van der Waals surface area contributed by atoms with Gasteiger partial charge >= 0.3 is 5.97 Å². The van der Waals surface area contributed by atoms with Crippen molar-refractivity contribution >= 4 is 22.8 Å². The van der Waals surface area contributed by atoms with Crippen LogP contribution < -0.4 is 15.6 Å². The number of rotatable bonds is 5. The maximum absolute atomic E-state index is 14.5. The zero-order valence-corrected chi connectivity index (χ0v) is 13.6. The predicted molar refractivity (Wildman–Crippen MR) is 90.6 cm³/mol. The van der Waals surface area contributed by atoms with Crippen molar-refractivity contribution in [3.63, 3.8) is 0 Å². The van der Waals surface area contributed by atoms with E-state index in [1.807, 2.05) is 4.90 Å². The zero-order valence-electron chi connectivity index (χ0n) is 13.6. The van der Waals surface area contributed by atoms with Gasteiger partial charge in [0.1, 0.15) is 11.2 Å². The standard InChI is InChI=1S/C17H19FN4O3/c18-13-5-11-14(23)12(17(24)25)7-20-15(11)21-16(13)22-4-3-10(8-22)19-6-9-1-2-9/h5,7,9-10,19H,1-4,6,8H2,(H,24,25)(H,20,21,23). The number of carboxylic acids is 1. The van der Waals surface area contributed by atoms with Gasteiger partial charge in [-0.25, -0.2) is 14.2 Å². The lowest BCUT2D eigenvalue weighted by atomic mass is 10.2. The number of nitrogens with one attached hydrogen (secondary N) is 2. The highest BCUT2D eigenvalue weighted by atomic mass is 19.1. The number of aromatic nitrogens is 2. The van der Waals surface area contributed by atoms with Gasteiger partial charge in [-0.05, 0) is 37.8 Å². The van der Waals surface area contributed by atoms with Gasteiger partial charge in [-0.2, -0.15) is 0 Å². The number of aromatic carboxylic acids is 1. The van der Waals surface area contributed by atoms with Gasteiger partial charge in [0.2, 0.25) is 5.43 Å². The molecule has 0 aromatic carbocycles. The Labute approximate surface area is 142 Å². The van der Waals surface area contributed by atoms with E-state index in [9.17, 15) is 14.0 Å². The summed E-state index contributed by atoms with van der Waals surface area (Å²) in [5, 5.41) is 12.5. The number of carboxylic acid groups (broad SMARTS) is 1. The van der Waals surface area contributed by atoms with E-state index in [0.29, 0.717) is 19.1 Å². The van der Waals surface area contributed by atoms with Crippen LogP contribution in [0.5, 0.6) is 0 Å². The second kappa shape index (κ2) is 6.11. The Balaban J connectivity index is 1.60. The summed E-state index contributed by atoms with van der Waals surface area (Å²) in [4.78, 5) is 31.9. The lowest BCUT2D eigenvalue weighted by Crippen LogP contribution is -2.34. The van der Waals surface area contributed by atoms with Crippen molar-refractivity contribution in [3.05, 3.63) is 33.9 Å². The van der Waals surface area contributed by atoms with Crippen LogP contribution in [0.3, 0.4) is 0 Å². The molecular formula is C17H19FN4O3. The van der Waals surface area contributed by atoms with Gasteiger partial charge in [-0.1, -0.05) is 0 Å². The number of halogens is 1. The molecule has 2 aromatic rings. The number of hydrogen-bond acceptors (Lipinski definition) is 5. The molecule has 7 nitrogen and oxygen atoms in total. The van der Waals surface area contributed by atoms with Gasteiger partial charge in [0, 0.05) is 25.3 Å². The minimum absolute atomic E-state index is 0.0521. The van der Waals surface area contributed by atoms with Crippen molar-refractivity contribution in [1.29, 1.82) is 0 Å². The van der Waals surface area contributed by atoms with E-state index in [1.54, 1.807) is 0 Å². The van der Waals surface area contributed by atoms with Crippen LogP contribution in [0.1, 0.15) is 29.6 Å². The molecule has 0 amide bonds. The van der Waals surface area contributed by atoms with Crippen LogP contribution in [-0.2, 0) is 0 Å². The fourth-order valence-electron chi connectivity index (χ4n) is 3.27. The number of nitrogens with zero attached hydrogens (tertiary/aromatic N) is 2. The quantitative estimate of drug-likeness (QED) is 0.756. The molecule has 1 unspecified atom stereocenters. The Morgan fingerprint density at radius 2 is 2.24 bits per heavy atom. The predicted octanol–water partition coefficient (Wildman–Crippen LogP) is 1.34. The average molecular weight is 346 g/mol. The van der Waals surface area contributed by atoms with Gasteiger partial charge in [0.15, 0.2) is 11.6 Å². The third-order valence-corrected chi connectivity index (χ3v) is 4.91. The van der Waals surface area contributed by atoms with Crippen molar-refractivity contribution in [2.24, 2.45) is 5.92 Å². The molecule has 8 heteroatoms. The van der Waals surface area contributed by atoms with E-state index < -0.39 is 22.8 Å². The van der Waals surface area contributed by atoms with E-state index in [1.165, 1.54) is 12.8 Å². The largest absolute Gasteiger partial charge is 0.477 e. The zero-order chi connectivity index (χ0) is 17.6. The minimum atomic E-state index is -1.35. The Hall–Kier alpha value is -2.48. The molecule has 132 valence electrons. The number of aromatic amines is 1. The number of hydrogen-bond donors (Lipinski definition) is 3. The first-order valence-corrected chi connectivity index (χ1v) is 8.46. The van der Waals surface area contributed by atoms with Gasteiger partial charge in [0.25, 0.3) is 0 Å². The summed E-state index contributed by atoms with van der Waals surface area (Å²) in [6.07, 6.45) is 4.60. The average Bonchev–Trinajstić information content (AvgIpc) is 3.30. The fraction of sp³-hybridized carbons (Fsp3) is 0.471. The second-order valence-corrected chi connectivity index (χ2v) is 6.81. The molecule has 0 spiro atoms. The molecule has 1 saturated carbocycles. The Bertz CT molecular complexity index is 893. The number of fused-ring (bicyclic) bond motifs is 1. The first-order chi connectivity index (χ1) is 12.0. The molecule has 0 radical (unpaired) electrons. The Morgan fingerprint density at radius 3 is 2.96 bits per heavy atom. The number of pyridine rings is 2. The monoisotopic (exact) mass is 346 g/mol. The van der Waals surface area contributed by atoms with Gasteiger partial charge in [-0.15, -0.1) is 0 Å². The maximum atomic E-state index is 14.5. The third-order valence-electron chi connectivity index (χ3n) is 4.91. The van der Waals surface area contributed by atoms with E-state index in [4.69, 9.17) is 5.11 Å². The molecule has 4 rings (SSSR count). The van der Waals surface area contributed by atoms with Crippen LogP contribution in [-0.4, -0.2) is 46.7 Å². The second-order valence-electron chi connectivity index (χ2n) is 6.81. The first kappa shape index (κ1) is 16.0. The summed E-state index contributed by atoms with van der Waals surface area (Å²) >= 11 is 0. The van der Waals surface area contributed by atoms with E-state index in [0.717, 1.165) is 31.1 Å². The van der Waals surface area contributed by atoms with E-state index in [2.05, 4.69) is 15.3 Å². The van der Waals surface area contributed by atoms with E-state index in [-0.39, 0.29) is 16.9 Å².